The van der Waals surface area contributed by atoms with Crippen LogP contribution in [0.2, 0.25) is 0 Å². The molecule has 0 amide bonds. The number of thiazole rings is 1. The Morgan fingerprint density at radius 3 is 3.14 bits per heavy atom. The average molecular weight is 211 g/mol. The molecule has 4 heteroatoms. The number of hydrogen-bond acceptors (Lipinski definition) is 4. The third-order valence-corrected chi connectivity index (χ3v) is 3.98. The van der Waals surface area contributed by atoms with Crippen molar-refractivity contribution < 1.29 is 0 Å². The van der Waals surface area contributed by atoms with E-state index in [0.717, 1.165) is 13.1 Å². The van der Waals surface area contributed by atoms with Crippen molar-refractivity contribution >= 4 is 11.3 Å². The van der Waals surface area contributed by atoms with E-state index >= 15 is 0 Å². The summed E-state index contributed by atoms with van der Waals surface area (Å²) in [6, 6.07) is 1.12. The van der Waals surface area contributed by atoms with E-state index in [1.165, 1.54) is 11.4 Å². The Kier molecular flexibility index (Phi) is 3.15. The van der Waals surface area contributed by atoms with Gasteiger partial charge in [-0.25, -0.2) is 4.98 Å². The van der Waals surface area contributed by atoms with Gasteiger partial charge in [0, 0.05) is 24.2 Å². The van der Waals surface area contributed by atoms with Gasteiger partial charge in [0.1, 0.15) is 5.01 Å². The molecule has 1 aliphatic rings. The zero-order chi connectivity index (χ0) is 9.97. The number of aromatic nitrogens is 1. The van der Waals surface area contributed by atoms with Crippen LogP contribution in [0.15, 0.2) is 11.6 Å². The minimum atomic E-state index is 0.444. The number of rotatable bonds is 3. The Hall–Kier alpha value is -0.450. The lowest BCUT2D eigenvalue weighted by molar-refractivity contribution is 0.196. The SMILES string of the molecule is C[C@@H](c1nccs1)N(C)[C@H]1CCNC1. The van der Waals surface area contributed by atoms with E-state index in [-0.39, 0.29) is 0 Å². The van der Waals surface area contributed by atoms with Crippen molar-refractivity contribution in [3.63, 3.8) is 0 Å². The molecule has 14 heavy (non-hydrogen) atoms. The van der Waals surface area contributed by atoms with E-state index in [1.54, 1.807) is 11.3 Å². The molecule has 0 aromatic carbocycles. The molecule has 1 aromatic rings. The molecule has 0 bridgehead atoms. The smallest absolute Gasteiger partial charge is 0.109 e. The first-order valence-electron chi connectivity index (χ1n) is 5.11. The predicted molar refractivity (Wildman–Crippen MR) is 59.6 cm³/mol. The summed E-state index contributed by atoms with van der Waals surface area (Å²) in [6.45, 7) is 4.50. The molecule has 0 spiro atoms. The van der Waals surface area contributed by atoms with Crippen LogP contribution in [-0.2, 0) is 0 Å². The zero-order valence-corrected chi connectivity index (χ0v) is 9.55. The number of likely N-dealkylation sites (N-methyl/N-ethyl adjacent to an activating group) is 1. The average Bonchev–Trinajstić information content (AvgIpc) is 2.87. The fraction of sp³-hybridized carbons (Fsp3) is 0.700. The first kappa shape index (κ1) is 10.1. The molecule has 3 nitrogen and oxygen atoms in total. The summed E-state index contributed by atoms with van der Waals surface area (Å²) < 4.78 is 0. The van der Waals surface area contributed by atoms with E-state index in [4.69, 9.17) is 0 Å². The fourth-order valence-corrected chi connectivity index (χ4v) is 2.66. The van der Waals surface area contributed by atoms with Crippen molar-refractivity contribution in [2.24, 2.45) is 0 Å². The van der Waals surface area contributed by atoms with E-state index < -0.39 is 0 Å². The third kappa shape index (κ3) is 1.97. The van der Waals surface area contributed by atoms with Crippen molar-refractivity contribution in [1.29, 1.82) is 0 Å². The molecule has 1 N–H and O–H groups in total. The maximum atomic E-state index is 4.37. The van der Waals surface area contributed by atoms with Gasteiger partial charge in [-0.2, -0.15) is 0 Å². The molecule has 1 aliphatic heterocycles. The Labute approximate surface area is 89.1 Å². The summed E-state index contributed by atoms with van der Waals surface area (Å²) in [5.74, 6) is 0. The lowest BCUT2D eigenvalue weighted by Gasteiger charge is -2.28. The van der Waals surface area contributed by atoms with Crippen LogP contribution in [0, 0.1) is 0 Å². The zero-order valence-electron chi connectivity index (χ0n) is 8.73. The molecule has 0 aliphatic carbocycles. The van der Waals surface area contributed by atoms with Crippen molar-refractivity contribution in [3.8, 4) is 0 Å². The Balaban J connectivity index is 2.00. The molecule has 0 unspecified atom stereocenters. The minimum Gasteiger partial charge on any atom is -0.315 e. The van der Waals surface area contributed by atoms with Gasteiger partial charge in [0.05, 0.1) is 6.04 Å². The van der Waals surface area contributed by atoms with E-state index in [0.29, 0.717) is 12.1 Å². The molecule has 1 saturated heterocycles. The van der Waals surface area contributed by atoms with Gasteiger partial charge in [-0.3, -0.25) is 4.90 Å². The van der Waals surface area contributed by atoms with Gasteiger partial charge in [0.2, 0.25) is 0 Å². The van der Waals surface area contributed by atoms with Crippen LogP contribution in [0.25, 0.3) is 0 Å². The molecule has 2 atom stereocenters. The van der Waals surface area contributed by atoms with Crippen LogP contribution in [-0.4, -0.2) is 36.1 Å². The molecule has 1 aromatic heterocycles. The number of nitrogens with zero attached hydrogens (tertiary/aromatic N) is 2. The highest BCUT2D eigenvalue weighted by Gasteiger charge is 2.24. The molecular formula is C10H17N3S. The molecule has 0 radical (unpaired) electrons. The van der Waals surface area contributed by atoms with Crippen molar-refractivity contribution in [2.75, 3.05) is 20.1 Å². The monoisotopic (exact) mass is 211 g/mol. The van der Waals surface area contributed by atoms with E-state index in [2.05, 4.69) is 29.2 Å². The first-order chi connectivity index (χ1) is 6.79. The largest absolute Gasteiger partial charge is 0.315 e. The summed E-state index contributed by atoms with van der Waals surface area (Å²) in [5.41, 5.74) is 0. The van der Waals surface area contributed by atoms with E-state index in [1.807, 2.05) is 11.6 Å². The Morgan fingerprint density at radius 1 is 1.71 bits per heavy atom. The van der Waals surface area contributed by atoms with Gasteiger partial charge < -0.3 is 5.32 Å². The first-order valence-corrected chi connectivity index (χ1v) is 5.99. The normalized spacial score (nSPS) is 24.4. The molecular weight excluding hydrogens is 194 g/mol. The molecule has 0 saturated carbocycles. The highest BCUT2D eigenvalue weighted by molar-refractivity contribution is 7.09. The highest BCUT2D eigenvalue weighted by atomic mass is 32.1. The molecule has 1 fully saturated rings. The summed E-state index contributed by atoms with van der Waals surface area (Å²) >= 11 is 1.74. The number of nitrogens with one attached hydrogen (secondary N) is 1. The van der Waals surface area contributed by atoms with Crippen LogP contribution in [0.3, 0.4) is 0 Å². The lowest BCUT2D eigenvalue weighted by Crippen LogP contribution is -2.35. The van der Waals surface area contributed by atoms with Crippen LogP contribution in [0.4, 0.5) is 0 Å². The van der Waals surface area contributed by atoms with Gasteiger partial charge in [0.25, 0.3) is 0 Å². The highest BCUT2D eigenvalue weighted by Crippen LogP contribution is 2.24. The minimum absolute atomic E-state index is 0.444. The second-order valence-electron chi connectivity index (χ2n) is 3.86. The quantitative estimate of drug-likeness (QED) is 0.821. The lowest BCUT2D eigenvalue weighted by atomic mass is 10.2. The molecule has 78 valence electrons. The molecule has 2 heterocycles. The maximum absolute atomic E-state index is 4.37. The Morgan fingerprint density at radius 2 is 2.57 bits per heavy atom. The summed E-state index contributed by atoms with van der Waals surface area (Å²) in [7, 11) is 2.20. The van der Waals surface area contributed by atoms with Crippen molar-refractivity contribution in [1.82, 2.24) is 15.2 Å². The second-order valence-corrected chi connectivity index (χ2v) is 4.78. The van der Waals surface area contributed by atoms with Gasteiger partial charge in [0.15, 0.2) is 0 Å². The van der Waals surface area contributed by atoms with Crippen LogP contribution >= 0.6 is 11.3 Å². The summed E-state index contributed by atoms with van der Waals surface area (Å²) in [4.78, 5) is 6.79. The van der Waals surface area contributed by atoms with Crippen LogP contribution in [0.5, 0.6) is 0 Å². The van der Waals surface area contributed by atoms with Gasteiger partial charge >= 0.3 is 0 Å². The Bertz CT molecular complexity index is 267. The van der Waals surface area contributed by atoms with Crippen LogP contribution in [0.1, 0.15) is 24.4 Å². The fourth-order valence-electron chi connectivity index (χ4n) is 1.92. The van der Waals surface area contributed by atoms with Crippen molar-refractivity contribution in [3.05, 3.63) is 16.6 Å². The van der Waals surface area contributed by atoms with Crippen molar-refractivity contribution in [2.45, 2.75) is 25.4 Å². The summed E-state index contributed by atoms with van der Waals surface area (Å²) in [5, 5.41) is 6.66. The van der Waals surface area contributed by atoms with Gasteiger partial charge in [-0.1, -0.05) is 0 Å². The third-order valence-electron chi connectivity index (χ3n) is 3.03. The standard InChI is InChI=1S/C10H17N3S/c1-8(10-12-5-6-14-10)13(2)9-3-4-11-7-9/h5-6,8-9,11H,3-4,7H2,1-2H3/t8-,9-/m0/s1. The number of hydrogen-bond donors (Lipinski definition) is 1. The maximum Gasteiger partial charge on any atom is 0.109 e. The predicted octanol–water partition coefficient (Wildman–Crippen LogP) is 1.50. The van der Waals surface area contributed by atoms with Gasteiger partial charge in [-0.15, -0.1) is 11.3 Å². The molecule has 2 rings (SSSR count). The topological polar surface area (TPSA) is 28.2 Å². The van der Waals surface area contributed by atoms with E-state index in [9.17, 15) is 0 Å². The van der Waals surface area contributed by atoms with Gasteiger partial charge in [-0.05, 0) is 26.9 Å². The van der Waals surface area contributed by atoms with Crippen LogP contribution < -0.4 is 5.32 Å². The summed E-state index contributed by atoms with van der Waals surface area (Å²) in [6.07, 6.45) is 3.14. The second kappa shape index (κ2) is 4.38.